The van der Waals surface area contributed by atoms with Gasteiger partial charge in [0.25, 0.3) is 0 Å². The van der Waals surface area contributed by atoms with Crippen molar-refractivity contribution in [3.8, 4) is 0 Å². The fraction of sp³-hybridized carbons (Fsp3) is 1.00. The molecule has 0 bridgehead atoms. The van der Waals surface area contributed by atoms with E-state index in [9.17, 15) is 13.2 Å². The lowest BCUT2D eigenvalue weighted by Gasteiger charge is -2.21. The Labute approximate surface area is 80.2 Å². The summed E-state index contributed by atoms with van der Waals surface area (Å²) >= 11 is 0. The number of alkyl halides is 3. The predicted octanol–water partition coefficient (Wildman–Crippen LogP) is 0.823. The first-order valence-corrected chi connectivity index (χ1v) is 4.40. The van der Waals surface area contributed by atoms with Crippen LogP contribution in [0.15, 0.2) is 0 Å². The lowest BCUT2D eigenvalue weighted by atomic mass is 10.1. The average Bonchev–Trinajstić information content (AvgIpc) is 2.09. The molecule has 0 radical (unpaired) electrons. The van der Waals surface area contributed by atoms with Crippen molar-refractivity contribution in [1.82, 2.24) is 0 Å². The Hall–Kier alpha value is -0.330. The van der Waals surface area contributed by atoms with Crippen LogP contribution in [0.4, 0.5) is 13.2 Å². The van der Waals surface area contributed by atoms with E-state index >= 15 is 0 Å². The second kappa shape index (κ2) is 6.21. The van der Waals surface area contributed by atoms with Gasteiger partial charge < -0.3 is 15.3 Å². The smallest absolute Gasteiger partial charge is 0.311 e. The number of hydrogen-bond donors (Lipinski definition) is 3. The topological polar surface area (TPSA) is 60.7 Å². The van der Waals surface area contributed by atoms with Gasteiger partial charge in [-0.15, -0.1) is 0 Å². The molecule has 0 aromatic rings. The fourth-order valence-electron chi connectivity index (χ4n) is 1.000. The summed E-state index contributed by atoms with van der Waals surface area (Å²) in [4.78, 5) is 0. The summed E-state index contributed by atoms with van der Waals surface area (Å²) in [7, 11) is 0. The summed E-state index contributed by atoms with van der Waals surface area (Å²) < 4.78 is 37.0. The van der Waals surface area contributed by atoms with Gasteiger partial charge in [-0.25, -0.2) is 8.78 Å². The van der Waals surface area contributed by atoms with Crippen molar-refractivity contribution < 1.29 is 28.5 Å². The summed E-state index contributed by atoms with van der Waals surface area (Å²) in [6.45, 7) is -0.514. The van der Waals surface area contributed by atoms with Crippen LogP contribution in [0.5, 0.6) is 0 Å². The van der Waals surface area contributed by atoms with Crippen LogP contribution in [0.25, 0.3) is 0 Å². The number of unbranched alkanes of at least 4 members (excludes halogenated alkanes) is 2. The Morgan fingerprint density at radius 2 is 1.57 bits per heavy atom. The highest BCUT2D eigenvalue weighted by molar-refractivity contribution is 4.73. The summed E-state index contributed by atoms with van der Waals surface area (Å²) in [5, 5.41) is 24.9. The third-order valence-electron chi connectivity index (χ3n) is 1.80. The van der Waals surface area contributed by atoms with Crippen molar-refractivity contribution in [3.63, 3.8) is 0 Å². The molecule has 0 saturated carbocycles. The highest BCUT2D eigenvalue weighted by Gasteiger charge is 2.39. The molecule has 0 amide bonds. The van der Waals surface area contributed by atoms with Gasteiger partial charge in [0.1, 0.15) is 6.17 Å². The molecule has 2 atom stereocenters. The van der Waals surface area contributed by atoms with Gasteiger partial charge in [0.2, 0.25) is 6.17 Å². The van der Waals surface area contributed by atoms with E-state index in [1.165, 1.54) is 0 Å². The van der Waals surface area contributed by atoms with E-state index in [2.05, 4.69) is 0 Å². The molecular weight excluding hydrogens is 201 g/mol. The Morgan fingerprint density at radius 3 is 2.00 bits per heavy atom. The second-order valence-electron chi connectivity index (χ2n) is 3.14. The van der Waals surface area contributed by atoms with Gasteiger partial charge in [-0.05, 0) is 12.8 Å². The molecule has 3 N–H and O–H groups in total. The van der Waals surface area contributed by atoms with Crippen LogP contribution >= 0.6 is 0 Å². The van der Waals surface area contributed by atoms with Gasteiger partial charge in [-0.2, -0.15) is 0 Å². The largest absolute Gasteiger partial charge is 0.341 e. The van der Waals surface area contributed by atoms with E-state index in [0.29, 0.717) is 6.42 Å². The highest BCUT2D eigenvalue weighted by Crippen LogP contribution is 2.19. The Morgan fingerprint density at radius 1 is 1.00 bits per heavy atom. The standard InChI is InChI=1S/C8H15F3O3/c9-5-3-1-2-4-6(10)7(11)8(12,13)14/h6-7,12-14H,1-5H2. The lowest BCUT2D eigenvalue weighted by molar-refractivity contribution is -0.349. The average molecular weight is 216 g/mol. The first-order chi connectivity index (χ1) is 6.39. The molecular formula is C8H15F3O3. The quantitative estimate of drug-likeness (QED) is 0.436. The lowest BCUT2D eigenvalue weighted by Crippen LogP contribution is -2.44. The Balaban J connectivity index is 3.68. The molecule has 86 valence electrons. The van der Waals surface area contributed by atoms with Crippen LogP contribution < -0.4 is 0 Å². The molecule has 3 nitrogen and oxygen atoms in total. The minimum Gasteiger partial charge on any atom is -0.341 e. The minimum atomic E-state index is -3.64. The summed E-state index contributed by atoms with van der Waals surface area (Å²) in [5.74, 6) is -3.64. The van der Waals surface area contributed by atoms with E-state index in [0.717, 1.165) is 0 Å². The van der Waals surface area contributed by atoms with E-state index in [-0.39, 0.29) is 19.3 Å². The van der Waals surface area contributed by atoms with Crippen LogP contribution in [-0.4, -0.2) is 40.3 Å². The minimum absolute atomic E-state index is 0.238. The van der Waals surface area contributed by atoms with Crippen LogP contribution in [0.1, 0.15) is 25.7 Å². The zero-order chi connectivity index (χ0) is 11.2. The van der Waals surface area contributed by atoms with Crippen molar-refractivity contribution in [2.45, 2.75) is 44.0 Å². The van der Waals surface area contributed by atoms with Crippen molar-refractivity contribution in [2.24, 2.45) is 0 Å². The zero-order valence-corrected chi connectivity index (χ0v) is 7.67. The molecule has 2 unspecified atom stereocenters. The normalized spacial score (nSPS) is 16.7. The van der Waals surface area contributed by atoms with Gasteiger partial charge >= 0.3 is 5.97 Å². The third-order valence-corrected chi connectivity index (χ3v) is 1.80. The second-order valence-corrected chi connectivity index (χ2v) is 3.14. The maximum Gasteiger partial charge on any atom is 0.311 e. The van der Waals surface area contributed by atoms with Crippen LogP contribution in [0.3, 0.4) is 0 Å². The molecule has 0 aliphatic heterocycles. The number of halogens is 3. The van der Waals surface area contributed by atoms with Crippen molar-refractivity contribution in [1.29, 1.82) is 0 Å². The monoisotopic (exact) mass is 216 g/mol. The maximum atomic E-state index is 12.8. The number of hydrogen-bond acceptors (Lipinski definition) is 3. The van der Waals surface area contributed by atoms with Crippen LogP contribution in [-0.2, 0) is 0 Å². The van der Waals surface area contributed by atoms with E-state index in [1.807, 2.05) is 0 Å². The molecule has 0 saturated heterocycles. The van der Waals surface area contributed by atoms with Gasteiger partial charge in [-0.3, -0.25) is 4.39 Å². The van der Waals surface area contributed by atoms with Crippen molar-refractivity contribution in [3.05, 3.63) is 0 Å². The molecule has 14 heavy (non-hydrogen) atoms. The van der Waals surface area contributed by atoms with Gasteiger partial charge in [-0.1, -0.05) is 12.8 Å². The first-order valence-electron chi connectivity index (χ1n) is 4.40. The van der Waals surface area contributed by atoms with E-state index in [1.54, 1.807) is 0 Å². The van der Waals surface area contributed by atoms with Crippen molar-refractivity contribution >= 4 is 0 Å². The van der Waals surface area contributed by atoms with E-state index < -0.39 is 25.0 Å². The molecule has 0 rings (SSSR count). The number of aliphatic hydroxyl groups is 3. The number of rotatable bonds is 7. The third kappa shape index (κ3) is 5.41. The zero-order valence-electron chi connectivity index (χ0n) is 7.67. The molecule has 0 aromatic heterocycles. The summed E-state index contributed by atoms with van der Waals surface area (Å²) in [5.41, 5.74) is 0. The predicted molar refractivity (Wildman–Crippen MR) is 43.6 cm³/mol. The SMILES string of the molecule is OC(O)(O)C(F)C(F)CCCCCF. The van der Waals surface area contributed by atoms with Crippen molar-refractivity contribution in [2.75, 3.05) is 6.67 Å². The fourth-order valence-corrected chi connectivity index (χ4v) is 1.000. The summed E-state index contributed by atoms with van der Waals surface area (Å²) in [6.07, 6.45) is -4.28. The van der Waals surface area contributed by atoms with Gasteiger partial charge in [0.15, 0.2) is 0 Å². The molecule has 0 spiro atoms. The molecule has 0 heterocycles. The molecule has 6 heteroatoms. The Bertz CT molecular complexity index is 149. The van der Waals surface area contributed by atoms with E-state index in [4.69, 9.17) is 15.3 Å². The molecule has 0 aliphatic rings. The summed E-state index contributed by atoms with van der Waals surface area (Å²) in [6, 6.07) is 0. The van der Waals surface area contributed by atoms with Gasteiger partial charge in [0.05, 0.1) is 6.67 Å². The first kappa shape index (κ1) is 13.7. The maximum absolute atomic E-state index is 12.8. The van der Waals surface area contributed by atoms with Gasteiger partial charge in [0, 0.05) is 0 Å². The van der Waals surface area contributed by atoms with Crippen LogP contribution in [0, 0.1) is 0 Å². The molecule has 0 fully saturated rings. The molecule has 0 aliphatic carbocycles. The Kier molecular flexibility index (Phi) is 6.06. The van der Waals surface area contributed by atoms with Crippen LogP contribution in [0.2, 0.25) is 0 Å². The molecule has 0 aromatic carbocycles. The highest BCUT2D eigenvalue weighted by atomic mass is 19.2.